The Hall–Kier alpha value is -3.49. The average molecular weight is 580 g/mol. The fourth-order valence-corrected chi connectivity index (χ4v) is 5.56. The number of piperazine rings is 1. The Balaban J connectivity index is 1.31. The highest BCUT2D eigenvalue weighted by atomic mass is 35.5. The van der Waals surface area contributed by atoms with E-state index in [2.05, 4.69) is 33.2 Å². The second kappa shape index (κ2) is 12.6. The van der Waals surface area contributed by atoms with Gasteiger partial charge in [0.25, 0.3) is 0 Å². The van der Waals surface area contributed by atoms with Crippen LogP contribution in [0, 0.1) is 11.3 Å². The first-order valence-electron chi connectivity index (χ1n) is 14.1. The predicted molar refractivity (Wildman–Crippen MR) is 156 cm³/mol. The largest absolute Gasteiger partial charge is 0.493 e. The van der Waals surface area contributed by atoms with E-state index in [0.29, 0.717) is 75.7 Å². The first-order valence-corrected chi connectivity index (χ1v) is 14.5. The van der Waals surface area contributed by atoms with Crippen molar-refractivity contribution in [1.29, 1.82) is 5.26 Å². The summed E-state index contributed by atoms with van der Waals surface area (Å²) in [5.41, 5.74) is 2.05. The third-order valence-corrected chi connectivity index (χ3v) is 8.03. The number of nitrogens with one attached hydrogen (secondary N) is 1. The molecule has 4 heterocycles. The highest BCUT2D eigenvalue weighted by Gasteiger charge is 2.25. The molecule has 0 atom stereocenters. The minimum absolute atomic E-state index is 0.0284. The minimum Gasteiger partial charge on any atom is -0.493 e. The van der Waals surface area contributed by atoms with Crippen LogP contribution < -0.4 is 24.3 Å². The van der Waals surface area contributed by atoms with Gasteiger partial charge in [0.1, 0.15) is 29.4 Å². The molecule has 3 aromatic rings. The van der Waals surface area contributed by atoms with Crippen LogP contribution in [-0.4, -0.2) is 87.3 Å². The van der Waals surface area contributed by atoms with Crippen molar-refractivity contribution in [2.24, 2.45) is 0 Å². The smallest absolute Gasteiger partial charge is 0.231 e. The number of pyridine rings is 1. The molecule has 6 rings (SSSR count). The summed E-state index contributed by atoms with van der Waals surface area (Å²) >= 11 is 6.59. The fraction of sp³-hybridized carbons (Fsp3) is 0.467. The summed E-state index contributed by atoms with van der Waals surface area (Å²) < 4.78 is 29.6. The maximum absolute atomic E-state index is 10.0. The number of fused-ring (bicyclic) bond motifs is 2. The number of nitriles is 1. The number of ether oxygens (including phenoxy) is 5. The van der Waals surface area contributed by atoms with Crippen molar-refractivity contribution in [3.05, 3.63) is 41.0 Å². The van der Waals surface area contributed by atoms with Crippen molar-refractivity contribution >= 4 is 33.9 Å². The van der Waals surface area contributed by atoms with Crippen LogP contribution in [0.3, 0.4) is 0 Å². The monoisotopic (exact) mass is 579 g/mol. The molecule has 41 heavy (non-hydrogen) atoms. The standard InChI is InChI=1S/C30H34ClN5O5/c1-35-8-10-36(11-9-35)7-2-12-38-22-15-24-27(26(16-22)41-21-5-13-37-14-6-21)28(20(17-32)18-33-24)34-29-23(31)3-4-25-30(29)40-19-39-25/h3-4,15-16,18,21H,2,5-14,19H2,1H3,(H,33,34). The molecule has 0 aliphatic carbocycles. The number of halogens is 1. The van der Waals surface area contributed by atoms with Crippen LogP contribution >= 0.6 is 11.6 Å². The molecule has 2 saturated heterocycles. The van der Waals surface area contributed by atoms with Gasteiger partial charge < -0.3 is 38.8 Å². The molecular formula is C30H34ClN5O5. The van der Waals surface area contributed by atoms with Gasteiger partial charge in [0.05, 0.1) is 47.0 Å². The lowest BCUT2D eigenvalue weighted by atomic mass is 10.1. The van der Waals surface area contributed by atoms with Crippen LogP contribution in [-0.2, 0) is 4.74 Å². The fourth-order valence-electron chi connectivity index (χ4n) is 5.37. The van der Waals surface area contributed by atoms with Gasteiger partial charge in [-0.2, -0.15) is 5.26 Å². The molecule has 11 heteroatoms. The second-order valence-electron chi connectivity index (χ2n) is 10.5. The SMILES string of the molecule is CN1CCN(CCCOc2cc(OC3CCOCC3)c3c(Nc4c(Cl)ccc5c4OCO5)c(C#N)cnc3c2)CC1. The van der Waals surface area contributed by atoms with Gasteiger partial charge in [-0.1, -0.05) is 11.6 Å². The lowest BCUT2D eigenvalue weighted by Crippen LogP contribution is -2.44. The van der Waals surface area contributed by atoms with Crippen LogP contribution in [0.15, 0.2) is 30.5 Å². The second-order valence-corrected chi connectivity index (χ2v) is 10.9. The normalized spacial score (nSPS) is 17.9. The Morgan fingerprint density at radius 3 is 2.76 bits per heavy atom. The molecular weight excluding hydrogens is 546 g/mol. The molecule has 0 saturated carbocycles. The van der Waals surface area contributed by atoms with Crippen molar-refractivity contribution in [3.63, 3.8) is 0 Å². The Morgan fingerprint density at radius 1 is 1.12 bits per heavy atom. The number of hydrogen-bond acceptors (Lipinski definition) is 10. The van der Waals surface area contributed by atoms with Crippen LogP contribution in [0.25, 0.3) is 10.9 Å². The van der Waals surface area contributed by atoms with Crippen LogP contribution in [0.2, 0.25) is 5.02 Å². The van der Waals surface area contributed by atoms with E-state index in [1.54, 1.807) is 18.3 Å². The summed E-state index contributed by atoms with van der Waals surface area (Å²) in [6, 6.07) is 9.56. The predicted octanol–water partition coefficient (Wildman–Crippen LogP) is 4.81. The number of likely N-dealkylation sites (N-methyl/N-ethyl adjacent to an activating group) is 1. The summed E-state index contributed by atoms with van der Waals surface area (Å²) in [6.45, 7) is 7.33. The number of benzene rings is 2. The molecule has 3 aliphatic rings. The minimum atomic E-state index is -0.0284. The van der Waals surface area contributed by atoms with E-state index in [1.807, 2.05) is 12.1 Å². The lowest BCUT2D eigenvalue weighted by molar-refractivity contribution is 0.0261. The van der Waals surface area contributed by atoms with Crippen LogP contribution in [0.4, 0.5) is 11.4 Å². The number of anilines is 2. The molecule has 2 fully saturated rings. The zero-order valence-electron chi connectivity index (χ0n) is 23.2. The number of aromatic nitrogens is 1. The first kappa shape index (κ1) is 27.7. The van der Waals surface area contributed by atoms with Crippen molar-refractivity contribution in [3.8, 4) is 29.1 Å². The van der Waals surface area contributed by atoms with Crippen molar-refractivity contribution in [2.45, 2.75) is 25.4 Å². The maximum Gasteiger partial charge on any atom is 0.231 e. The summed E-state index contributed by atoms with van der Waals surface area (Å²) in [4.78, 5) is 9.46. The summed E-state index contributed by atoms with van der Waals surface area (Å²) in [5.74, 6) is 2.35. The zero-order chi connectivity index (χ0) is 28.2. The van der Waals surface area contributed by atoms with Gasteiger partial charge in [-0.3, -0.25) is 4.98 Å². The Labute approximate surface area is 244 Å². The van der Waals surface area contributed by atoms with Gasteiger partial charge in [0.15, 0.2) is 11.5 Å². The van der Waals surface area contributed by atoms with Crippen molar-refractivity contribution in [1.82, 2.24) is 14.8 Å². The third kappa shape index (κ3) is 6.23. The number of rotatable bonds is 9. The Morgan fingerprint density at radius 2 is 1.95 bits per heavy atom. The lowest BCUT2D eigenvalue weighted by Gasteiger charge is -2.32. The summed E-state index contributed by atoms with van der Waals surface area (Å²) in [7, 11) is 2.16. The highest BCUT2D eigenvalue weighted by molar-refractivity contribution is 6.34. The van der Waals surface area contributed by atoms with Gasteiger partial charge in [-0.25, -0.2) is 0 Å². The number of nitrogens with zero attached hydrogens (tertiary/aromatic N) is 4. The van der Waals surface area contributed by atoms with E-state index in [-0.39, 0.29) is 12.9 Å². The molecule has 216 valence electrons. The number of hydrogen-bond donors (Lipinski definition) is 1. The van der Waals surface area contributed by atoms with Gasteiger partial charge in [0, 0.05) is 63.9 Å². The van der Waals surface area contributed by atoms with E-state index in [1.165, 1.54) is 0 Å². The zero-order valence-corrected chi connectivity index (χ0v) is 23.9. The molecule has 1 N–H and O–H groups in total. The average Bonchev–Trinajstić information content (AvgIpc) is 3.47. The van der Waals surface area contributed by atoms with E-state index >= 15 is 0 Å². The van der Waals surface area contributed by atoms with E-state index in [4.69, 9.17) is 35.3 Å². The van der Waals surface area contributed by atoms with E-state index in [9.17, 15) is 5.26 Å². The van der Waals surface area contributed by atoms with Crippen LogP contribution in [0.5, 0.6) is 23.0 Å². The van der Waals surface area contributed by atoms with Gasteiger partial charge >= 0.3 is 0 Å². The van der Waals surface area contributed by atoms with Crippen molar-refractivity contribution < 1.29 is 23.7 Å². The van der Waals surface area contributed by atoms with E-state index in [0.717, 1.165) is 52.0 Å². The topological polar surface area (TPSA) is 101 Å². The quantitative estimate of drug-likeness (QED) is 0.355. The van der Waals surface area contributed by atoms with Crippen molar-refractivity contribution in [2.75, 3.05) is 71.7 Å². The Bertz CT molecular complexity index is 1430. The van der Waals surface area contributed by atoms with E-state index < -0.39 is 0 Å². The highest BCUT2D eigenvalue weighted by Crippen LogP contribution is 2.47. The van der Waals surface area contributed by atoms with Gasteiger partial charge in [0.2, 0.25) is 6.79 Å². The molecule has 0 amide bonds. The molecule has 0 spiro atoms. The third-order valence-electron chi connectivity index (χ3n) is 7.71. The molecule has 0 radical (unpaired) electrons. The molecule has 0 bridgehead atoms. The van der Waals surface area contributed by atoms with Gasteiger partial charge in [-0.15, -0.1) is 0 Å². The molecule has 0 unspecified atom stereocenters. The maximum atomic E-state index is 10.0. The first-order chi connectivity index (χ1) is 20.1. The Kier molecular flexibility index (Phi) is 8.49. The van der Waals surface area contributed by atoms with Crippen LogP contribution in [0.1, 0.15) is 24.8 Å². The summed E-state index contributed by atoms with van der Waals surface area (Å²) in [5, 5.41) is 14.5. The molecule has 10 nitrogen and oxygen atoms in total. The molecule has 3 aliphatic heterocycles. The summed E-state index contributed by atoms with van der Waals surface area (Å²) in [6.07, 6.45) is 3.99. The van der Waals surface area contributed by atoms with Gasteiger partial charge in [-0.05, 0) is 25.6 Å². The molecule has 2 aromatic carbocycles. The molecule has 1 aromatic heterocycles.